The first-order chi connectivity index (χ1) is 8.60. The zero-order chi connectivity index (χ0) is 14.4. The highest BCUT2D eigenvalue weighted by molar-refractivity contribution is 8.00. The van der Waals surface area contributed by atoms with E-state index in [-0.39, 0.29) is 10.8 Å². The molecule has 0 aromatic heterocycles. The summed E-state index contributed by atoms with van der Waals surface area (Å²) in [5.41, 5.74) is -2.82. The normalized spacial score (nSPS) is 20.3. The van der Waals surface area contributed by atoms with E-state index < -0.39 is 28.5 Å². The molecule has 0 bridgehead atoms. The van der Waals surface area contributed by atoms with Crippen LogP contribution in [0.3, 0.4) is 0 Å². The van der Waals surface area contributed by atoms with E-state index in [1.54, 1.807) is 0 Å². The molecule has 1 aliphatic heterocycles. The highest BCUT2D eigenvalue weighted by Gasteiger charge is 2.41. The Labute approximate surface area is 114 Å². The smallest absolute Gasteiger partial charge is 0.166 e. The van der Waals surface area contributed by atoms with Crippen LogP contribution in [-0.2, 0) is 12.4 Å². The molecule has 1 heterocycles. The van der Waals surface area contributed by atoms with Gasteiger partial charge in [-0.05, 0) is 29.9 Å². The summed E-state index contributed by atoms with van der Waals surface area (Å²) in [6, 6.07) is 1.43. The number of thioether (sulfide) groups is 1. The Morgan fingerprint density at radius 3 is 1.68 bits per heavy atom. The van der Waals surface area contributed by atoms with E-state index in [1.807, 2.05) is 0 Å². The summed E-state index contributed by atoms with van der Waals surface area (Å²) in [5.74, 6) is 0.732. The number of rotatable bonds is 1. The Morgan fingerprint density at radius 2 is 1.42 bits per heavy atom. The highest BCUT2D eigenvalue weighted by atomic mass is 35.5. The summed E-state index contributed by atoms with van der Waals surface area (Å²) >= 11 is 6.59. The largest absolute Gasteiger partial charge is 0.417 e. The van der Waals surface area contributed by atoms with Crippen molar-refractivity contribution < 1.29 is 26.3 Å². The molecular formula is C11H7ClF6S. The zero-order valence-corrected chi connectivity index (χ0v) is 10.8. The lowest BCUT2D eigenvalue weighted by atomic mass is 10.0. The van der Waals surface area contributed by atoms with Crippen LogP contribution in [0.25, 0.3) is 0 Å². The predicted molar refractivity (Wildman–Crippen MR) is 61.3 cm³/mol. The lowest BCUT2D eigenvalue weighted by Gasteiger charge is -2.27. The van der Waals surface area contributed by atoms with Crippen LogP contribution >= 0.6 is 23.4 Å². The molecule has 1 aromatic rings. The molecule has 1 aliphatic rings. The van der Waals surface area contributed by atoms with Gasteiger partial charge in [0.2, 0.25) is 0 Å². The molecule has 19 heavy (non-hydrogen) atoms. The van der Waals surface area contributed by atoms with E-state index in [2.05, 4.69) is 0 Å². The lowest BCUT2D eigenvalue weighted by molar-refractivity contribution is -0.142. The third-order valence-electron chi connectivity index (χ3n) is 2.78. The summed E-state index contributed by atoms with van der Waals surface area (Å²) in [6.07, 6.45) is -9.23. The van der Waals surface area contributed by atoms with Gasteiger partial charge >= 0.3 is 12.4 Å². The minimum atomic E-state index is -4.90. The van der Waals surface area contributed by atoms with Gasteiger partial charge in [0, 0.05) is 5.25 Å². The summed E-state index contributed by atoms with van der Waals surface area (Å²) in [7, 11) is 0. The number of alkyl halides is 6. The van der Waals surface area contributed by atoms with E-state index in [1.165, 1.54) is 11.8 Å². The van der Waals surface area contributed by atoms with Crippen molar-refractivity contribution in [1.29, 1.82) is 0 Å². The molecule has 2 rings (SSSR count). The SMILES string of the molecule is FC(F)(F)c1cc(C2CCS2)cc(C(F)(F)F)c1Cl. The molecule has 0 spiro atoms. The fourth-order valence-electron chi connectivity index (χ4n) is 1.74. The van der Waals surface area contributed by atoms with Crippen molar-refractivity contribution in [3.63, 3.8) is 0 Å². The second-order valence-corrected chi connectivity index (χ2v) is 5.76. The molecule has 0 radical (unpaired) electrons. The molecule has 0 nitrogen and oxygen atoms in total. The van der Waals surface area contributed by atoms with Crippen molar-refractivity contribution in [2.24, 2.45) is 0 Å². The van der Waals surface area contributed by atoms with Crippen molar-refractivity contribution in [2.45, 2.75) is 24.0 Å². The molecule has 0 amide bonds. The van der Waals surface area contributed by atoms with Crippen LogP contribution in [0, 0.1) is 0 Å². The second kappa shape index (κ2) is 4.77. The first-order valence-electron chi connectivity index (χ1n) is 5.20. The van der Waals surface area contributed by atoms with Crippen LogP contribution in [0.4, 0.5) is 26.3 Å². The van der Waals surface area contributed by atoms with Gasteiger partial charge in [0.25, 0.3) is 0 Å². The summed E-state index contributed by atoms with van der Waals surface area (Å²) in [4.78, 5) is 0. The van der Waals surface area contributed by atoms with Gasteiger partial charge in [0.1, 0.15) is 0 Å². The van der Waals surface area contributed by atoms with E-state index in [0.717, 1.165) is 5.75 Å². The maximum atomic E-state index is 12.7. The van der Waals surface area contributed by atoms with E-state index >= 15 is 0 Å². The average molecular weight is 321 g/mol. The van der Waals surface area contributed by atoms with Crippen molar-refractivity contribution >= 4 is 23.4 Å². The molecule has 106 valence electrons. The number of halogens is 7. The van der Waals surface area contributed by atoms with Crippen LogP contribution in [0.1, 0.15) is 28.4 Å². The van der Waals surface area contributed by atoms with Crippen molar-refractivity contribution in [1.82, 2.24) is 0 Å². The minimum absolute atomic E-state index is 0.0281. The third-order valence-corrected chi connectivity index (χ3v) is 4.57. The van der Waals surface area contributed by atoms with Gasteiger partial charge < -0.3 is 0 Å². The monoisotopic (exact) mass is 320 g/mol. The number of benzene rings is 1. The minimum Gasteiger partial charge on any atom is -0.166 e. The molecule has 1 atom stereocenters. The topological polar surface area (TPSA) is 0 Å². The van der Waals surface area contributed by atoms with E-state index in [0.29, 0.717) is 18.6 Å². The van der Waals surface area contributed by atoms with Gasteiger partial charge in [0.15, 0.2) is 0 Å². The molecule has 1 fully saturated rings. The van der Waals surface area contributed by atoms with Gasteiger partial charge in [-0.15, -0.1) is 0 Å². The van der Waals surface area contributed by atoms with Gasteiger partial charge in [-0.25, -0.2) is 0 Å². The lowest BCUT2D eigenvalue weighted by Crippen LogP contribution is -2.16. The summed E-state index contributed by atoms with van der Waals surface area (Å²) in [5, 5.41) is -1.60. The van der Waals surface area contributed by atoms with E-state index in [4.69, 9.17) is 11.6 Å². The van der Waals surface area contributed by atoms with Gasteiger partial charge in [0.05, 0.1) is 16.1 Å². The molecule has 0 aliphatic carbocycles. The Morgan fingerprint density at radius 1 is 1.00 bits per heavy atom. The van der Waals surface area contributed by atoms with Crippen LogP contribution in [0.15, 0.2) is 12.1 Å². The molecule has 8 heteroatoms. The van der Waals surface area contributed by atoms with Gasteiger partial charge in [-0.2, -0.15) is 38.1 Å². The Balaban J connectivity index is 2.60. The predicted octanol–water partition coefficient (Wildman–Crippen LogP) is 5.56. The molecule has 1 unspecified atom stereocenters. The Bertz CT molecular complexity index is 454. The van der Waals surface area contributed by atoms with Crippen LogP contribution in [0.5, 0.6) is 0 Å². The standard InChI is InChI=1S/C11H7ClF6S/c12-9-6(10(13,14)15)3-5(8-1-2-19-8)4-7(9)11(16,17)18/h3-4,8H,1-2H2. The maximum Gasteiger partial charge on any atom is 0.417 e. The fraction of sp³-hybridized carbons (Fsp3) is 0.455. The van der Waals surface area contributed by atoms with Crippen molar-refractivity contribution in [3.8, 4) is 0 Å². The molecular weight excluding hydrogens is 314 g/mol. The number of hydrogen-bond acceptors (Lipinski definition) is 1. The van der Waals surface area contributed by atoms with Gasteiger partial charge in [-0.3, -0.25) is 0 Å². The molecule has 1 aromatic carbocycles. The molecule has 1 saturated heterocycles. The van der Waals surface area contributed by atoms with E-state index in [9.17, 15) is 26.3 Å². The van der Waals surface area contributed by atoms with Crippen molar-refractivity contribution in [2.75, 3.05) is 5.75 Å². The molecule has 0 N–H and O–H groups in total. The summed E-state index contributed by atoms with van der Waals surface area (Å²) < 4.78 is 76.3. The zero-order valence-electron chi connectivity index (χ0n) is 9.20. The van der Waals surface area contributed by atoms with Crippen LogP contribution in [-0.4, -0.2) is 5.75 Å². The summed E-state index contributed by atoms with van der Waals surface area (Å²) in [6.45, 7) is 0. The average Bonchev–Trinajstić information content (AvgIpc) is 2.13. The quantitative estimate of drug-likeness (QED) is 0.611. The fourth-order valence-corrected chi connectivity index (χ4v) is 2.87. The van der Waals surface area contributed by atoms with Crippen molar-refractivity contribution in [3.05, 3.63) is 33.8 Å². The third kappa shape index (κ3) is 2.97. The molecule has 0 saturated carbocycles. The Hall–Kier alpha value is -0.560. The van der Waals surface area contributed by atoms with Crippen LogP contribution in [0.2, 0.25) is 5.02 Å². The first-order valence-corrected chi connectivity index (χ1v) is 6.63. The maximum absolute atomic E-state index is 12.7. The second-order valence-electron chi connectivity index (χ2n) is 4.07. The number of hydrogen-bond donors (Lipinski definition) is 0. The van der Waals surface area contributed by atoms with Gasteiger partial charge in [-0.1, -0.05) is 11.6 Å². The Kier molecular flexibility index (Phi) is 3.72. The highest BCUT2D eigenvalue weighted by Crippen LogP contribution is 2.48. The first kappa shape index (κ1) is 14.8. The van der Waals surface area contributed by atoms with Crippen LogP contribution < -0.4 is 0 Å².